The zero-order valence-corrected chi connectivity index (χ0v) is 15.4. The second kappa shape index (κ2) is 7.49. The minimum Gasteiger partial charge on any atom is -0.363 e. The topological polar surface area (TPSA) is 64.5 Å². The van der Waals surface area contributed by atoms with Gasteiger partial charge < -0.3 is 9.57 Å². The number of morpholine rings is 1. The maximum absolute atomic E-state index is 12.6. The van der Waals surface area contributed by atoms with Gasteiger partial charge in [-0.2, -0.15) is 0 Å². The zero-order chi connectivity index (χ0) is 17.9. The van der Waals surface area contributed by atoms with Gasteiger partial charge in [-0.3, -0.25) is 0 Å². The molecule has 26 heavy (non-hydrogen) atoms. The summed E-state index contributed by atoms with van der Waals surface area (Å²) in [5, 5.41) is 2.28. The van der Waals surface area contributed by atoms with Crippen LogP contribution in [0.4, 0.5) is 0 Å². The number of hydrogen-bond donors (Lipinski definition) is 0. The molecule has 0 amide bonds. The zero-order valence-electron chi connectivity index (χ0n) is 13.8. The van der Waals surface area contributed by atoms with Gasteiger partial charge in [0.2, 0.25) is 5.82 Å². The number of carbonyl (C=O) groups excluding carboxylic acids is 1. The quantitative estimate of drug-likeness (QED) is 0.612. The summed E-state index contributed by atoms with van der Waals surface area (Å²) in [6, 6.07) is 17.1. The Morgan fingerprint density at radius 2 is 1.92 bits per heavy atom. The third-order valence-electron chi connectivity index (χ3n) is 4.16. The Kier molecular flexibility index (Phi) is 4.92. The van der Waals surface area contributed by atoms with E-state index in [1.807, 2.05) is 54.6 Å². The molecule has 2 unspecified atom stereocenters. The lowest BCUT2D eigenvalue weighted by Gasteiger charge is -2.36. The van der Waals surface area contributed by atoms with Crippen LogP contribution in [0.25, 0.3) is 10.9 Å². The molecule has 0 bridgehead atoms. The summed E-state index contributed by atoms with van der Waals surface area (Å²) in [6.45, 7) is 0.810. The minimum absolute atomic E-state index is 0.0353. The van der Waals surface area contributed by atoms with Crippen molar-refractivity contribution in [3.05, 3.63) is 72.2 Å². The molecule has 1 aromatic heterocycles. The van der Waals surface area contributed by atoms with E-state index in [0.717, 1.165) is 10.9 Å². The fourth-order valence-electron chi connectivity index (χ4n) is 2.86. The minimum atomic E-state index is -0.585. The molecule has 2 atom stereocenters. The molecule has 2 aromatic carbocycles. The lowest BCUT2D eigenvalue weighted by molar-refractivity contribution is -0.192. The van der Waals surface area contributed by atoms with Gasteiger partial charge >= 0.3 is 5.97 Å². The third-order valence-corrected chi connectivity index (χ3v) is 4.72. The van der Waals surface area contributed by atoms with Gasteiger partial charge in [-0.1, -0.05) is 64.5 Å². The standard InChI is InChI=1S/C19H16BrN3O3/c20-17-11-23(16(12-25-17)13-6-2-1-3-7-13)26-19(24)18-21-10-14-8-4-5-9-15(14)22-18/h1-10,16-17H,11-12H2. The van der Waals surface area contributed by atoms with Crippen LogP contribution in [0.3, 0.4) is 0 Å². The summed E-state index contributed by atoms with van der Waals surface area (Å²) >= 11 is 3.42. The summed E-state index contributed by atoms with van der Waals surface area (Å²) in [5.74, 6) is -0.550. The number of hydroxylamine groups is 2. The lowest BCUT2D eigenvalue weighted by atomic mass is 10.1. The molecule has 1 aliphatic rings. The SMILES string of the molecule is O=C(ON1CC(Br)OCC1c1ccccc1)c1ncc2ccccc2n1. The molecule has 132 valence electrons. The number of alkyl halides is 1. The molecule has 2 heterocycles. The lowest BCUT2D eigenvalue weighted by Crippen LogP contribution is -2.43. The number of benzene rings is 2. The number of rotatable bonds is 3. The monoisotopic (exact) mass is 413 g/mol. The van der Waals surface area contributed by atoms with Crippen molar-refractivity contribution in [3.63, 3.8) is 0 Å². The molecular weight excluding hydrogens is 398 g/mol. The van der Waals surface area contributed by atoms with Crippen LogP contribution in [-0.4, -0.2) is 39.2 Å². The fourth-order valence-corrected chi connectivity index (χ4v) is 3.29. The first-order valence-electron chi connectivity index (χ1n) is 8.22. The highest BCUT2D eigenvalue weighted by atomic mass is 79.9. The van der Waals surface area contributed by atoms with E-state index in [4.69, 9.17) is 9.57 Å². The van der Waals surface area contributed by atoms with E-state index in [1.54, 1.807) is 11.3 Å². The first-order chi connectivity index (χ1) is 12.7. The van der Waals surface area contributed by atoms with Crippen molar-refractivity contribution in [1.29, 1.82) is 0 Å². The number of ether oxygens (including phenoxy) is 1. The van der Waals surface area contributed by atoms with Gasteiger partial charge in [0.1, 0.15) is 5.01 Å². The van der Waals surface area contributed by atoms with Gasteiger partial charge in [-0.25, -0.2) is 14.8 Å². The van der Waals surface area contributed by atoms with E-state index < -0.39 is 5.97 Å². The number of halogens is 1. The van der Waals surface area contributed by atoms with Crippen LogP contribution in [0.1, 0.15) is 22.2 Å². The highest BCUT2D eigenvalue weighted by molar-refractivity contribution is 9.09. The van der Waals surface area contributed by atoms with E-state index in [9.17, 15) is 4.79 Å². The second-order valence-electron chi connectivity index (χ2n) is 5.90. The van der Waals surface area contributed by atoms with Crippen LogP contribution in [0, 0.1) is 0 Å². The van der Waals surface area contributed by atoms with Crippen molar-refractivity contribution < 1.29 is 14.4 Å². The number of fused-ring (bicyclic) bond motifs is 1. The molecule has 0 spiro atoms. The second-order valence-corrected chi connectivity index (χ2v) is 6.92. The molecule has 1 saturated heterocycles. The van der Waals surface area contributed by atoms with Gasteiger partial charge in [0.25, 0.3) is 0 Å². The average Bonchev–Trinajstić information content (AvgIpc) is 2.68. The summed E-state index contributed by atoms with van der Waals surface area (Å²) in [5.41, 5.74) is 1.72. The predicted octanol–water partition coefficient (Wildman–Crippen LogP) is 3.50. The highest BCUT2D eigenvalue weighted by Gasteiger charge is 2.32. The Bertz CT molecular complexity index is 922. The maximum Gasteiger partial charge on any atom is 0.395 e. The van der Waals surface area contributed by atoms with Crippen LogP contribution >= 0.6 is 15.9 Å². The van der Waals surface area contributed by atoms with Crippen molar-refractivity contribution in [3.8, 4) is 0 Å². The number of para-hydroxylation sites is 1. The number of carbonyl (C=O) groups is 1. The molecule has 7 heteroatoms. The Hall–Kier alpha value is -2.35. The summed E-state index contributed by atoms with van der Waals surface area (Å²) in [7, 11) is 0. The van der Waals surface area contributed by atoms with Crippen LogP contribution in [0.5, 0.6) is 0 Å². The molecule has 0 saturated carbocycles. The predicted molar refractivity (Wildman–Crippen MR) is 99.5 cm³/mol. The molecule has 6 nitrogen and oxygen atoms in total. The van der Waals surface area contributed by atoms with Gasteiger partial charge in [0.05, 0.1) is 24.7 Å². The molecule has 4 rings (SSSR count). The van der Waals surface area contributed by atoms with E-state index in [0.29, 0.717) is 18.7 Å². The first kappa shape index (κ1) is 17.1. The van der Waals surface area contributed by atoms with E-state index in [1.165, 1.54) is 0 Å². The van der Waals surface area contributed by atoms with E-state index in [-0.39, 0.29) is 16.9 Å². The van der Waals surface area contributed by atoms with Crippen molar-refractivity contribution in [2.24, 2.45) is 0 Å². The van der Waals surface area contributed by atoms with E-state index in [2.05, 4.69) is 25.9 Å². The summed E-state index contributed by atoms with van der Waals surface area (Å²) in [6.07, 6.45) is 1.63. The smallest absolute Gasteiger partial charge is 0.363 e. The van der Waals surface area contributed by atoms with Crippen molar-refractivity contribution in [2.45, 2.75) is 11.1 Å². The van der Waals surface area contributed by atoms with E-state index >= 15 is 0 Å². The molecule has 0 radical (unpaired) electrons. The summed E-state index contributed by atoms with van der Waals surface area (Å²) in [4.78, 5) is 26.7. The van der Waals surface area contributed by atoms with Crippen molar-refractivity contribution in [1.82, 2.24) is 15.0 Å². The van der Waals surface area contributed by atoms with Crippen molar-refractivity contribution in [2.75, 3.05) is 13.2 Å². The molecule has 0 aliphatic carbocycles. The molecule has 0 N–H and O–H groups in total. The Morgan fingerprint density at radius 3 is 2.77 bits per heavy atom. The molecular formula is C19H16BrN3O3. The van der Waals surface area contributed by atoms with Gasteiger partial charge in [0.15, 0.2) is 0 Å². The van der Waals surface area contributed by atoms with Crippen molar-refractivity contribution >= 4 is 32.8 Å². The van der Waals surface area contributed by atoms with Crippen LogP contribution in [0.2, 0.25) is 0 Å². The maximum atomic E-state index is 12.6. The molecule has 3 aromatic rings. The van der Waals surface area contributed by atoms with Crippen LogP contribution in [-0.2, 0) is 9.57 Å². The number of hydrogen-bond acceptors (Lipinski definition) is 6. The Labute approximate surface area is 158 Å². The molecule has 1 fully saturated rings. The number of aromatic nitrogens is 2. The van der Waals surface area contributed by atoms with Gasteiger partial charge in [-0.05, 0) is 11.6 Å². The number of nitrogens with zero attached hydrogens (tertiary/aromatic N) is 3. The first-order valence-corrected chi connectivity index (χ1v) is 9.13. The fraction of sp³-hybridized carbons (Fsp3) is 0.211. The largest absolute Gasteiger partial charge is 0.395 e. The Morgan fingerprint density at radius 1 is 1.15 bits per heavy atom. The normalized spacial score (nSPS) is 20.8. The highest BCUT2D eigenvalue weighted by Crippen LogP contribution is 2.28. The van der Waals surface area contributed by atoms with Crippen LogP contribution < -0.4 is 0 Å². The van der Waals surface area contributed by atoms with Gasteiger partial charge in [0, 0.05) is 11.6 Å². The summed E-state index contributed by atoms with van der Waals surface area (Å²) < 4.78 is 5.67. The molecule has 1 aliphatic heterocycles. The van der Waals surface area contributed by atoms with Crippen LogP contribution in [0.15, 0.2) is 60.8 Å². The average molecular weight is 414 g/mol. The third kappa shape index (κ3) is 3.60. The Balaban J connectivity index is 1.57. The van der Waals surface area contributed by atoms with Gasteiger partial charge in [-0.15, -0.1) is 5.06 Å².